The van der Waals surface area contributed by atoms with E-state index in [0.717, 1.165) is 33.4 Å². The van der Waals surface area contributed by atoms with Crippen LogP contribution in [0, 0.1) is 0 Å². The van der Waals surface area contributed by atoms with E-state index in [4.69, 9.17) is 9.40 Å². The van der Waals surface area contributed by atoms with Gasteiger partial charge in [0.2, 0.25) is 0 Å². The van der Waals surface area contributed by atoms with Crippen LogP contribution in [0.25, 0.3) is 55.9 Å². The minimum atomic E-state index is -0.0880. The lowest BCUT2D eigenvalue weighted by Gasteiger charge is -2.11. The molecular formula is C25H16N4O2. The van der Waals surface area contributed by atoms with E-state index in [1.165, 1.54) is 0 Å². The minimum Gasteiger partial charge on any atom is -0.463 e. The maximum Gasteiger partial charge on any atom is 0.191 e. The summed E-state index contributed by atoms with van der Waals surface area (Å²) in [6, 6.07) is 22.9. The molecule has 6 heteroatoms. The number of aromatic nitrogens is 4. The Morgan fingerprint density at radius 2 is 1.77 bits per heavy atom. The summed E-state index contributed by atoms with van der Waals surface area (Å²) in [4.78, 5) is 28.6. The highest BCUT2D eigenvalue weighted by atomic mass is 16.3. The van der Waals surface area contributed by atoms with E-state index < -0.39 is 0 Å². The van der Waals surface area contributed by atoms with E-state index in [2.05, 4.69) is 15.0 Å². The van der Waals surface area contributed by atoms with E-state index in [1.807, 2.05) is 66.7 Å². The van der Waals surface area contributed by atoms with Crippen molar-refractivity contribution in [2.24, 2.45) is 0 Å². The molecule has 4 heterocycles. The summed E-state index contributed by atoms with van der Waals surface area (Å²) in [5, 5.41) is 0.523. The van der Waals surface area contributed by atoms with Crippen LogP contribution in [0.5, 0.6) is 0 Å². The molecule has 2 N–H and O–H groups in total. The van der Waals surface area contributed by atoms with Crippen molar-refractivity contribution >= 4 is 22.1 Å². The third kappa shape index (κ3) is 2.93. The molecule has 6 aromatic rings. The molecule has 0 radical (unpaired) electrons. The maximum absolute atomic E-state index is 13.0. The van der Waals surface area contributed by atoms with Gasteiger partial charge in [-0.05, 0) is 41.5 Å². The van der Waals surface area contributed by atoms with Gasteiger partial charge in [-0.15, -0.1) is 0 Å². The number of imidazole rings is 1. The molecule has 0 spiro atoms. The molecule has 148 valence electrons. The number of pyridine rings is 2. The molecule has 0 saturated carbocycles. The maximum atomic E-state index is 13.0. The first-order valence-electron chi connectivity index (χ1n) is 9.87. The number of rotatable bonds is 3. The van der Waals surface area contributed by atoms with Gasteiger partial charge in [0.1, 0.15) is 11.3 Å². The summed E-state index contributed by atoms with van der Waals surface area (Å²) < 4.78 is 5.67. The third-order valence-electron chi connectivity index (χ3n) is 5.39. The second kappa shape index (κ2) is 6.81. The van der Waals surface area contributed by atoms with Crippen LogP contribution >= 0.6 is 0 Å². The molecular weight excluding hydrogens is 388 g/mol. The van der Waals surface area contributed by atoms with Crippen molar-refractivity contribution in [2.75, 3.05) is 0 Å². The zero-order valence-corrected chi connectivity index (χ0v) is 16.3. The average molecular weight is 404 g/mol. The molecule has 31 heavy (non-hydrogen) atoms. The van der Waals surface area contributed by atoms with Crippen LogP contribution in [-0.4, -0.2) is 19.9 Å². The number of hydrogen-bond donors (Lipinski definition) is 2. The van der Waals surface area contributed by atoms with Gasteiger partial charge in [0.15, 0.2) is 11.2 Å². The minimum absolute atomic E-state index is 0.0880. The predicted octanol–water partition coefficient (Wildman–Crippen LogP) is 5.39. The Morgan fingerprint density at radius 1 is 0.871 bits per heavy atom. The fourth-order valence-electron chi connectivity index (χ4n) is 3.87. The highest BCUT2D eigenvalue weighted by Gasteiger charge is 2.16. The topological polar surface area (TPSA) is 87.6 Å². The summed E-state index contributed by atoms with van der Waals surface area (Å²) in [5.41, 5.74) is 6.27. The van der Waals surface area contributed by atoms with E-state index in [1.54, 1.807) is 18.7 Å². The van der Waals surface area contributed by atoms with Gasteiger partial charge in [0.05, 0.1) is 34.7 Å². The van der Waals surface area contributed by atoms with Gasteiger partial charge in [0.25, 0.3) is 0 Å². The number of fused-ring (bicyclic) bond motifs is 2. The summed E-state index contributed by atoms with van der Waals surface area (Å²) in [6.07, 6.45) is 3.28. The number of benzene rings is 2. The van der Waals surface area contributed by atoms with E-state index in [0.29, 0.717) is 22.5 Å². The summed E-state index contributed by atoms with van der Waals surface area (Å²) in [5.74, 6) is 0.632. The molecule has 2 aromatic carbocycles. The van der Waals surface area contributed by atoms with Gasteiger partial charge in [-0.2, -0.15) is 0 Å². The third-order valence-corrected chi connectivity index (χ3v) is 5.39. The second-order valence-corrected chi connectivity index (χ2v) is 7.31. The van der Waals surface area contributed by atoms with Crippen LogP contribution in [-0.2, 0) is 0 Å². The van der Waals surface area contributed by atoms with E-state index in [9.17, 15) is 4.79 Å². The van der Waals surface area contributed by atoms with Crippen molar-refractivity contribution in [3.05, 3.63) is 95.6 Å². The first-order valence-corrected chi connectivity index (χ1v) is 9.87. The Kier molecular flexibility index (Phi) is 3.83. The molecule has 0 unspecified atom stereocenters. The molecule has 4 aromatic heterocycles. The zero-order valence-electron chi connectivity index (χ0n) is 16.3. The number of aromatic amines is 2. The second-order valence-electron chi connectivity index (χ2n) is 7.31. The molecule has 0 aliphatic heterocycles. The number of furan rings is 1. The monoisotopic (exact) mass is 404 g/mol. The van der Waals surface area contributed by atoms with Crippen LogP contribution in [0.1, 0.15) is 0 Å². The number of nitrogens with one attached hydrogen (secondary N) is 2. The SMILES string of the molecule is O=c1cc(-c2ccccc2)[nH]c2nc(-c3ccco3)c(-c3ccc4nc[nH]c4c3)cc12. The number of H-pyrrole nitrogens is 2. The molecule has 6 rings (SSSR count). The van der Waals surface area contributed by atoms with Crippen LogP contribution in [0.2, 0.25) is 0 Å². The van der Waals surface area contributed by atoms with Crippen LogP contribution in [0.3, 0.4) is 0 Å². The highest BCUT2D eigenvalue weighted by molar-refractivity contribution is 5.92. The largest absolute Gasteiger partial charge is 0.463 e. The number of hydrogen-bond acceptors (Lipinski definition) is 4. The van der Waals surface area contributed by atoms with Crippen LogP contribution in [0.4, 0.5) is 0 Å². The molecule has 6 nitrogen and oxygen atoms in total. The average Bonchev–Trinajstić information content (AvgIpc) is 3.50. The molecule has 0 atom stereocenters. The van der Waals surface area contributed by atoms with Crippen molar-refractivity contribution in [2.45, 2.75) is 0 Å². The van der Waals surface area contributed by atoms with Crippen LogP contribution in [0.15, 0.2) is 94.6 Å². The molecule has 0 aliphatic carbocycles. The predicted molar refractivity (Wildman–Crippen MR) is 121 cm³/mol. The molecule has 0 amide bonds. The van der Waals surface area contributed by atoms with Gasteiger partial charge in [-0.1, -0.05) is 36.4 Å². The van der Waals surface area contributed by atoms with Crippen molar-refractivity contribution in [1.82, 2.24) is 19.9 Å². The summed E-state index contributed by atoms with van der Waals surface area (Å²) >= 11 is 0. The fourth-order valence-corrected chi connectivity index (χ4v) is 3.87. The highest BCUT2D eigenvalue weighted by Crippen LogP contribution is 2.34. The van der Waals surface area contributed by atoms with Gasteiger partial charge in [0, 0.05) is 11.6 Å². The van der Waals surface area contributed by atoms with Crippen molar-refractivity contribution < 1.29 is 4.42 Å². The normalized spacial score (nSPS) is 11.4. The first kappa shape index (κ1) is 17.4. The first-order chi connectivity index (χ1) is 15.3. The Morgan fingerprint density at radius 3 is 2.61 bits per heavy atom. The Bertz CT molecular complexity index is 1600. The Hall–Kier alpha value is -4.45. The van der Waals surface area contributed by atoms with Crippen LogP contribution < -0.4 is 5.43 Å². The lowest BCUT2D eigenvalue weighted by Crippen LogP contribution is -2.06. The van der Waals surface area contributed by atoms with Gasteiger partial charge >= 0.3 is 0 Å². The molecule has 0 aliphatic rings. The Labute approximate surface area is 176 Å². The molecule has 0 fully saturated rings. The standard InChI is InChI=1S/C25H16N4O2/c30-22-13-20(15-5-2-1-3-6-15)28-25-18(22)12-17(24(29-25)23-7-4-10-31-23)16-8-9-19-21(11-16)27-14-26-19/h1-14H,(H,26,27)(H,28,29,30). The lowest BCUT2D eigenvalue weighted by atomic mass is 10.00. The van der Waals surface area contributed by atoms with Crippen molar-refractivity contribution in [3.63, 3.8) is 0 Å². The summed E-state index contributed by atoms with van der Waals surface area (Å²) in [7, 11) is 0. The smallest absolute Gasteiger partial charge is 0.191 e. The summed E-state index contributed by atoms with van der Waals surface area (Å²) in [6.45, 7) is 0. The van der Waals surface area contributed by atoms with Crippen molar-refractivity contribution in [3.8, 4) is 33.8 Å². The zero-order chi connectivity index (χ0) is 20.8. The molecule has 0 saturated heterocycles. The van der Waals surface area contributed by atoms with E-state index >= 15 is 0 Å². The Balaban J connectivity index is 1.63. The quantitative estimate of drug-likeness (QED) is 0.414. The van der Waals surface area contributed by atoms with Crippen molar-refractivity contribution in [1.29, 1.82) is 0 Å². The van der Waals surface area contributed by atoms with Gasteiger partial charge < -0.3 is 14.4 Å². The van der Waals surface area contributed by atoms with Gasteiger partial charge in [-0.25, -0.2) is 9.97 Å². The number of nitrogens with zero attached hydrogens (tertiary/aromatic N) is 2. The molecule has 0 bridgehead atoms. The van der Waals surface area contributed by atoms with Gasteiger partial charge in [-0.3, -0.25) is 4.79 Å². The van der Waals surface area contributed by atoms with E-state index in [-0.39, 0.29) is 5.43 Å². The lowest BCUT2D eigenvalue weighted by molar-refractivity contribution is 0.580. The fraction of sp³-hybridized carbons (Fsp3) is 0.